The van der Waals surface area contributed by atoms with Crippen LogP contribution in [0.5, 0.6) is 0 Å². The summed E-state index contributed by atoms with van der Waals surface area (Å²) >= 11 is 0. The Morgan fingerprint density at radius 1 is 1.29 bits per heavy atom. The molecule has 0 spiro atoms. The number of carbonyl (C=O) groups excluding carboxylic acids is 2. The van der Waals surface area contributed by atoms with Crippen molar-refractivity contribution in [3.8, 4) is 12.3 Å². The second-order valence-corrected chi connectivity index (χ2v) is 2.83. The molecule has 0 fully saturated rings. The molecular weight excluding hydrogens is 180 g/mol. The summed E-state index contributed by atoms with van der Waals surface area (Å²) in [6.07, 6.45) is 7.09. The van der Waals surface area contributed by atoms with Crippen LogP contribution in [-0.4, -0.2) is 25.4 Å². The fourth-order valence-electron chi connectivity index (χ4n) is 0.880. The lowest BCUT2D eigenvalue weighted by atomic mass is 10.2. The highest BCUT2D eigenvalue weighted by Crippen LogP contribution is 1.92. The van der Waals surface area contributed by atoms with Gasteiger partial charge < -0.3 is 10.6 Å². The first-order valence-corrected chi connectivity index (χ1v) is 4.61. The third-order valence-corrected chi connectivity index (χ3v) is 1.68. The molecule has 0 aliphatic rings. The molecule has 2 amide bonds. The number of hydrogen-bond acceptors (Lipinski definition) is 2. The molecule has 0 aromatic heterocycles. The third-order valence-electron chi connectivity index (χ3n) is 1.68. The van der Waals surface area contributed by atoms with Gasteiger partial charge in [-0.1, -0.05) is 0 Å². The van der Waals surface area contributed by atoms with Crippen LogP contribution in [0.1, 0.15) is 25.7 Å². The van der Waals surface area contributed by atoms with Crippen LogP contribution in [-0.2, 0) is 9.59 Å². The second kappa shape index (κ2) is 8.11. The highest BCUT2D eigenvalue weighted by atomic mass is 16.2. The summed E-state index contributed by atoms with van der Waals surface area (Å²) in [6, 6.07) is 0. The molecule has 0 aromatic rings. The highest BCUT2D eigenvalue weighted by molar-refractivity contribution is 5.78. The van der Waals surface area contributed by atoms with E-state index in [0.717, 1.165) is 0 Å². The molecule has 0 unspecified atom stereocenters. The Kier molecular flexibility index (Phi) is 7.24. The van der Waals surface area contributed by atoms with E-state index in [-0.39, 0.29) is 11.8 Å². The maximum Gasteiger partial charge on any atom is 0.221 e. The Bertz CT molecular complexity index is 231. The second-order valence-electron chi connectivity index (χ2n) is 2.83. The van der Waals surface area contributed by atoms with Crippen LogP contribution in [0.3, 0.4) is 0 Å². The lowest BCUT2D eigenvalue weighted by molar-refractivity contribution is -0.122. The lowest BCUT2D eigenvalue weighted by Crippen LogP contribution is -2.28. The minimum Gasteiger partial charge on any atom is -0.359 e. The number of nitrogens with one attached hydrogen (secondary N) is 2. The number of terminal acetylenes is 1. The molecule has 78 valence electrons. The van der Waals surface area contributed by atoms with Gasteiger partial charge in [0.25, 0.3) is 0 Å². The van der Waals surface area contributed by atoms with Crippen molar-refractivity contribution in [2.75, 3.05) is 13.6 Å². The van der Waals surface area contributed by atoms with E-state index in [1.54, 1.807) is 7.05 Å². The van der Waals surface area contributed by atoms with Crippen molar-refractivity contribution in [2.45, 2.75) is 25.7 Å². The van der Waals surface area contributed by atoms with Crippen LogP contribution < -0.4 is 10.6 Å². The quantitative estimate of drug-likeness (QED) is 0.465. The van der Waals surface area contributed by atoms with E-state index in [1.165, 1.54) is 0 Å². The van der Waals surface area contributed by atoms with E-state index in [0.29, 0.717) is 32.2 Å². The van der Waals surface area contributed by atoms with E-state index in [2.05, 4.69) is 16.6 Å². The Hall–Kier alpha value is -1.50. The monoisotopic (exact) mass is 196 g/mol. The molecule has 0 atom stereocenters. The topological polar surface area (TPSA) is 58.2 Å². The molecule has 0 radical (unpaired) electrons. The predicted molar refractivity (Wildman–Crippen MR) is 54.4 cm³/mol. The van der Waals surface area contributed by atoms with Crippen LogP contribution in [0.4, 0.5) is 0 Å². The molecule has 0 saturated heterocycles. The minimum absolute atomic E-state index is 0.0517. The van der Waals surface area contributed by atoms with Gasteiger partial charge in [-0.2, -0.15) is 0 Å². The molecule has 0 bridgehead atoms. The number of hydrogen-bond donors (Lipinski definition) is 2. The van der Waals surface area contributed by atoms with Crippen molar-refractivity contribution in [2.24, 2.45) is 0 Å². The summed E-state index contributed by atoms with van der Waals surface area (Å²) < 4.78 is 0. The lowest BCUT2D eigenvalue weighted by Gasteiger charge is -2.03. The Labute approximate surface area is 84.4 Å². The summed E-state index contributed by atoms with van der Waals surface area (Å²) in [5.74, 6) is 2.34. The maximum absolute atomic E-state index is 11.1. The summed E-state index contributed by atoms with van der Waals surface area (Å²) in [4.78, 5) is 21.8. The smallest absolute Gasteiger partial charge is 0.221 e. The Morgan fingerprint density at radius 3 is 2.57 bits per heavy atom. The average Bonchev–Trinajstić information content (AvgIpc) is 2.18. The highest BCUT2D eigenvalue weighted by Gasteiger charge is 2.01. The summed E-state index contributed by atoms with van der Waals surface area (Å²) in [7, 11) is 1.57. The fourth-order valence-corrected chi connectivity index (χ4v) is 0.880. The first kappa shape index (κ1) is 12.5. The van der Waals surface area contributed by atoms with Crippen molar-refractivity contribution in [3.63, 3.8) is 0 Å². The van der Waals surface area contributed by atoms with Crippen LogP contribution in [0, 0.1) is 12.3 Å². The first-order valence-electron chi connectivity index (χ1n) is 4.61. The summed E-state index contributed by atoms with van der Waals surface area (Å²) in [6.45, 7) is 0.383. The van der Waals surface area contributed by atoms with Gasteiger partial charge in [-0.25, -0.2) is 0 Å². The van der Waals surface area contributed by atoms with Crippen LogP contribution in [0.25, 0.3) is 0 Å². The average molecular weight is 196 g/mol. The molecule has 2 N–H and O–H groups in total. The zero-order valence-corrected chi connectivity index (χ0v) is 8.43. The molecule has 4 nitrogen and oxygen atoms in total. The Balaban J connectivity index is 3.36. The van der Waals surface area contributed by atoms with E-state index >= 15 is 0 Å². The zero-order chi connectivity index (χ0) is 10.8. The van der Waals surface area contributed by atoms with Gasteiger partial charge in [-0.15, -0.1) is 12.3 Å². The minimum atomic E-state index is -0.0751. The molecule has 0 aliphatic heterocycles. The van der Waals surface area contributed by atoms with Gasteiger partial charge in [0.1, 0.15) is 0 Å². The van der Waals surface area contributed by atoms with E-state index in [1.807, 2.05) is 0 Å². The van der Waals surface area contributed by atoms with Gasteiger partial charge >= 0.3 is 0 Å². The van der Waals surface area contributed by atoms with E-state index < -0.39 is 0 Å². The molecule has 14 heavy (non-hydrogen) atoms. The van der Waals surface area contributed by atoms with E-state index in [9.17, 15) is 9.59 Å². The molecule has 4 heteroatoms. The van der Waals surface area contributed by atoms with Gasteiger partial charge in [-0.05, 0) is 6.42 Å². The predicted octanol–water partition coefficient (Wildman–Crippen LogP) is 0.0422. The Morgan fingerprint density at radius 2 is 2.00 bits per heavy atom. The molecule has 0 aliphatic carbocycles. The number of rotatable bonds is 6. The SMILES string of the molecule is C#CCCCC(=O)NCCC(=O)NC. The molecule has 0 aromatic carbocycles. The molecule has 0 saturated carbocycles. The molecular formula is C10H16N2O2. The van der Waals surface area contributed by atoms with Gasteiger partial charge in [0, 0.05) is 32.9 Å². The van der Waals surface area contributed by atoms with E-state index in [4.69, 9.17) is 6.42 Å². The third kappa shape index (κ3) is 7.17. The fraction of sp³-hybridized carbons (Fsp3) is 0.600. The van der Waals surface area contributed by atoms with Crippen molar-refractivity contribution in [1.82, 2.24) is 10.6 Å². The number of unbranched alkanes of at least 4 members (excludes halogenated alkanes) is 1. The van der Waals surface area contributed by atoms with Crippen molar-refractivity contribution in [3.05, 3.63) is 0 Å². The first-order chi connectivity index (χ1) is 6.70. The zero-order valence-electron chi connectivity index (χ0n) is 8.43. The van der Waals surface area contributed by atoms with Crippen LogP contribution in [0.2, 0.25) is 0 Å². The maximum atomic E-state index is 11.1. The van der Waals surface area contributed by atoms with Crippen molar-refractivity contribution in [1.29, 1.82) is 0 Å². The van der Waals surface area contributed by atoms with Gasteiger partial charge in [-0.3, -0.25) is 9.59 Å². The van der Waals surface area contributed by atoms with Crippen LogP contribution >= 0.6 is 0 Å². The van der Waals surface area contributed by atoms with Gasteiger partial charge in [0.2, 0.25) is 11.8 Å². The standard InChI is InChI=1S/C10H16N2O2/c1-3-4-5-6-10(14)12-8-7-9(13)11-2/h1H,4-8H2,2H3,(H,11,13)(H,12,14). The molecule has 0 heterocycles. The largest absolute Gasteiger partial charge is 0.359 e. The van der Waals surface area contributed by atoms with Gasteiger partial charge in [0.05, 0.1) is 0 Å². The summed E-state index contributed by atoms with van der Waals surface area (Å²) in [5, 5.41) is 5.11. The van der Waals surface area contributed by atoms with Gasteiger partial charge in [0.15, 0.2) is 0 Å². The normalized spacial score (nSPS) is 8.86. The number of carbonyl (C=O) groups is 2. The molecule has 0 rings (SSSR count). The van der Waals surface area contributed by atoms with Crippen molar-refractivity contribution < 1.29 is 9.59 Å². The van der Waals surface area contributed by atoms with Crippen molar-refractivity contribution >= 4 is 11.8 Å². The number of amides is 2. The van der Waals surface area contributed by atoms with Crippen LogP contribution in [0.15, 0.2) is 0 Å². The summed E-state index contributed by atoms with van der Waals surface area (Å²) in [5.41, 5.74) is 0.